The number of alkyl halides is 27. The number of hydrogen-bond donors (Lipinski definition) is 0. The molecule has 56 heavy (non-hydrogen) atoms. The van der Waals surface area contributed by atoms with E-state index in [0.29, 0.717) is 0 Å². The van der Waals surface area contributed by atoms with Crippen LogP contribution in [0.25, 0.3) is 0 Å². The van der Waals surface area contributed by atoms with Crippen molar-refractivity contribution in [3.8, 4) is 0 Å². The molecule has 0 rings (SSSR count). The van der Waals surface area contributed by atoms with E-state index < -0.39 is 101 Å². The van der Waals surface area contributed by atoms with E-state index in [9.17, 15) is 157 Å². The molecule has 0 heterocycles. The third-order valence-electron chi connectivity index (χ3n) is 3.72. The zero-order valence-electron chi connectivity index (χ0n) is 23.8. The first-order chi connectivity index (χ1) is 22.4. The van der Waals surface area contributed by atoms with Crippen LogP contribution in [-0.2, 0) is 44.6 Å². The summed E-state index contributed by atoms with van der Waals surface area (Å²) in [5, 5.41) is -20.4. The van der Waals surface area contributed by atoms with Crippen LogP contribution >= 0.6 is 0 Å². The fourth-order valence-electron chi connectivity index (χ4n) is 1.27. The third-order valence-corrected chi connectivity index (χ3v) is 6.31. The Morgan fingerprint density at radius 2 is 0.393 bits per heavy atom. The molecular formula is C12F27LiO12PbS3. The molecule has 0 atom stereocenters. The van der Waals surface area contributed by atoms with Gasteiger partial charge >= 0.3 is 117 Å². The van der Waals surface area contributed by atoms with Crippen molar-refractivity contribution in [1.29, 1.82) is 0 Å². The number of ether oxygens (including phenoxy) is 3. The average Bonchev–Trinajstić information content (AvgIpc) is 2.78. The minimum Gasteiger partial charge on any atom is -0.743 e. The molecule has 0 aromatic carbocycles. The van der Waals surface area contributed by atoms with Crippen LogP contribution in [0, 0.1) is 0 Å². The molecule has 0 saturated heterocycles. The van der Waals surface area contributed by atoms with Crippen molar-refractivity contribution in [2.45, 2.75) is 70.9 Å². The molecule has 0 N–H and O–H groups in total. The van der Waals surface area contributed by atoms with Gasteiger partial charge in [0.25, 0.3) is 0 Å². The number of rotatable bonds is 12. The molecule has 0 aromatic heterocycles. The van der Waals surface area contributed by atoms with Gasteiger partial charge < -0.3 is 13.7 Å². The summed E-state index contributed by atoms with van der Waals surface area (Å²) in [4.78, 5) is 0. The van der Waals surface area contributed by atoms with E-state index in [-0.39, 0.29) is 46.2 Å². The maximum atomic E-state index is 12.2. The zero-order chi connectivity index (χ0) is 45.6. The van der Waals surface area contributed by atoms with E-state index in [2.05, 4.69) is 0 Å². The fourth-order valence-corrected chi connectivity index (χ4v) is 2.27. The van der Waals surface area contributed by atoms with Gasteiger partial charge in [0.2, 0.25) is 0 Å². The molecule has 0 aliphatic heterocycles. The maximum Gasteiger partial charge on any atom is 2.00 e. The smallest absolute Gasteiger partial charge is 0.743 e. The summed E-state index contributed by atoms with van der Waals surface area (Å²) in [6.45, 7) is 0. The zero-order valence-corrected chi connectivity index (χ0v) is 30.2. The molecule has 0 aliphatic rings. The van der Waals surface area contributed by atoms with E-state index >= 15 is 0 Å². The van der Waals surface area contributed by atoms with Gasteiger partial charge in [-0.3, -0.25) is 0 Å². The van der Waals surface area contributed by atoms with Gasteiger partial charge in [-0.1, -0.05) is 0 Å². The first-order valence-corrected chi connectivity index (χ1v) is 14.2. The van der Waals surface area contributed by atoms with Crippen molar-refractivity contribution >= 4 is 57.7 Å². The molecule has 0 amide bonds. The molecule has 332 valence electrons. The van der Waals surface area contributed by atoms with Crippen LogP contribution in [0.5, 0.6) is 0 Å². The van der Waals surface area contributed by atoms with E-state index in [1.807, 2.05) is 0 Å². The Bertz CT molecular complexity index is 1430. The van der Waals surface area contributed by atoms with Gasteiger partial charge in [-0.25, -0.2) is 39.5 Å². The van der Waals surface area contributed by atoms with Crippen molar-refractivity contribution < 1.29 is 191 Å². The standard InChI is InChI=1S/3C4HF9O4S.Li.Pb/c3*5-1(6,7)2(8,9)17-3(10,11)4(12,13)18(14,15)16;;/h3*(H,14,15,16);;/q;;;+1;+2/p-3. The van der Waals surface area contributed by atoms with Gasteiger partial charge in [0, 0.05) is 0 Å². The summed E-state index contributed by atoms with van der Waals surface area (Å²) in [6, 6.07) is 0. The summed E-state index contributed by atoms with van der Waals surface area (Å²) < 4.78 is 411. The average molecular weight is 1160 g/mol. The fraction of sp³-hybridized carbons (Fsp3) is 1.00. The van der Waals surface area contributed by atoms with Crippen LogP contribution in [0.4, 0.5) is 119 Å². The second kappa shape index (κ2) is 18.1. The minimum absolute atomic E-state index is 0. The third kappa shape index (κ3) is 15.1. The van der Waals surface area contributed by atoms with Crippen LogP contribution < -0.4 is 18.9 Å². The van der Waals surface area contributed by atoms with Gasteiger partial charge in [-0.15, -0.1) is 0 Å². The van der Waals surface area contributed by atoms with Gasteiger partial charge in [-0.05, 0) is 0 Å². The predicted octanol–water partition coefficient (Wildman–Crippen LogP) is 2.29. The monoisotopic (exact) mass is 1160 g/mol. The number of hydrogen-bond acceptors (Lipinski definition) is 12. The van der Waals surface area contributed by atoms with Gasteiger partial charge in [0.1, 0.15) is 0 Å². The summed E-state index contributed by atoms with van der Waals surface area (Å²) in [5.74, 6) is 0. The molecular weight excluding hydrogens is 1160 g/mol. The Kier molecular flexibility index (Phi) is 20.8. The largest absolute Gasteiger partial charge is 2.00 e. The van der Waals surface area contributed by atoms with Gasteiger partial charge in [0.15, 0.2) is 30.4 Å². The summed E-state index contributed by atoms with van der Waals surface area (Å²) in [6.07, 6.45) is -61.5. The molecule has 0 spiro atoms. The predicted molar refractivity (Wildman–Crippen MR) is 101 cm³/mol. The molecule has 0 saturated carbocycles. The van der Waals surface area contributed by atoms with Crippen LogP contribution in [0.3, 0.4) is 0 Å². The second-order valence-corrected chi connectivity index (χ2v) is 12.1. The SMILES string of the molecule is O=S(=O)([O-])C(F)(F)C(F)(F)OC(F)(F)C(F)(F)F.O=S(=O)([O-])C(F)(F)C(F)(F)OC(F)(F)C(F)(F)F.O=S(=O)([O-])C(F)(F)C(F)(F)OC(F)(F)C(F)(F)F.[Li+].[Pb+2]. The topological polar surface area (TPSA) is 199 Å². The van der Waals surface area contributed by atoms with E-state index in [0.717, 1.165) is 0 Å². The van der Waals surface area contributed by atoms with E-state index in [1.54, 1.807) is 0 Å². The first kappa shape index (κ1) is 64.4. The molecule has 0 aliphatic carbocycles. The van der Waals surface area contributed by atoms with Gasteiger partial charge in [-0.2, -0.15) is 119 Å². The quantitative estimate of drug-likeness (QED) is 0.157. The van der Waals surface area contributed by atoms with E-state index in [1.165, 1.54) is 14.2 Å². The molecule has 0 bridgehead atoms. The Labute approximate surface area is 318 Å². The molecule has 2 radical (unpaired) electrons. The van der Waals surface area contributed by atoms with Crippen molar-refractivity contribution in [2.75, 3.05) is 0 Å². The summed E-state index contributed by atoms with van der Waals surface area (Å²) >= 11 is 0. The Morgan fingerprint density at radius 3 is 0.464 bits per heavy atom. The Morgan fingerprint density at radius 1 is 0.286 bits per heavy atom. The Balaban J connectivity index is -0.000000228. The maximum absolute atomic E-state index is 12.2. The summed E-state index contributed by atoms with van der Waals surface area (Å²) in [5.41, 5.74) is 0. The van der Waals surface area contributed by atoms with Crippen LogP contribution in [-0.4, -0.2) is 137 Å². The van der Waals surface area contributed by atoms with Crippen molar-refractivity contribution in [1.82, 2.24) is 0 Å². The van der Waals surface area contributed by atoms with Crippen molar-refractivity contribution in [2.24, 2.45) is 0 Å². The Hall–Kier alpha value is -0.761. The summed E-state index contributed by atoms with van der Waals surface area (Å²) in [7, 11) is -21.7. The second-order valence-electron chi connectivity index (χ2n) is 7.81. The number of halogens is 27. The molecule has 44 heteroatoms. The van der Waals surface area contributed by atoms with Crippen molar-refractivity contribution in [3.05, 3.63) is 0 Å². The van der Waals surface area contributed by atoms with Crippen molar-refractivity contribution in [3.63, 3.8) is 0 Å². The van der Waals surface area contributed by atoms with Crippen LogP contribution in [0.1, 0.15) is 0 Å². The van der Waals surface area contributed by atoms with E-state index in [4.69, 9.17) is 0 Å². The molecule has 12 nitrogen and oxygen atoms in total. The first-order valence-electron chi connectivity index (χ1n) is 9.94. The van der Waals surface area contributed by atoms with Gasteiger partial charge in [0.05, 0.1) is 0 Å². The van der Waals surface area contributed by atoms with Crippen LogP contribution in [0.2, 0.25) is 0 Å². The molecule has 0 unspecified atom stereocenters. The minimum atomic E-state index is -7.24. The van der Waals surface area contributed by atoms with Crippen LogP contribution in [0.15, 0.2) is 0 Å². The normalized spacial score (nSPS) is 15.3. The molecule has 0 fully saturated rings. The molecule has 0 aromatic rings.